The zero-order valence-corrected chi connectivity index (χ0v) is 13.2. The minimum atomic E-state index is 0.319. The molecular formula is C16H35NO2. The van der Waals surface area contributed by atoms with Gasteiger partial charge in [-0.3, -0.25) is 0 Å². The molecule has 0 unspecified atom stereocenters. The number of unbranched alkanes of at least 4 members (excludes halogenated alkanes) is 6. The topological polar surface area (TPSA) is 32.7 Å². The van der Waals surface area contributed by atoms with Crippen LogP contribution in [0.5, 0.6) is 0 Å². The fourth-order valence-corrected chi connectivity index (χ4v) is 2.33. The van der Waals surface area contributed by atoms with Crippen molar-refractivity contribution < 1.29 is 9.84 Å². The zero-order valence-electron chi connectivity index (χ0n) is 13.2. The van der Waals surface area contributed by atoms with Crippen LogP contribution >= 0.6 is 0 Å². The van der Waals surface area contributed by atoms with Crippen LogP contribution in [0.25, 0.3) is 0 Å². The molecule has 0 spiro atoms. The van der Waals surface area contributed by atoms with E-state index in [1.165, 1.54) is 64.5 Å². The van der Waals surface area contributed by atoms with Crippen LogP contribution in [0, 0.1) is 0 Å². The summed E-state index contributed by atoms with van der Waals surface area (Å²) in [6, 6.07) is 0. The van der Waals surface area contributed by atoms with Crippen molar-refractivity contribution in [2.75, 3.05) is 40.0 Å². The number of ether oxygens (including phenoxy) is 1. The van der Waals surface area contributed by atoms with Gasteiger partial charge in [-0.2, -0.15) is 0 Å². The third-order valence-corrected chi connectivity index (χ3v) is 3.53. The number of hydrogen-bond donors (Lipinski definition) is 1. The average molecular weight is 273 g/mol. The van der Waals surface area contributed by atoms with Crippen molar-refractivity contribution in [3.8, 4) is 0 Å². The molecule has 3 nitrogen and oxygen atoms in total. The quantitative estimate of drug-likeness (QED) is 0.464. The predicted molar refractivity (Wildman–Crippen MR) is 82.6 cm³/mol. The van der Waals surface area contributed by atoms with Gasteiger partial charge in [0.25, 0.3) is 0 Å². The van der Waals surface area contributed by atoms with Gasteiger partial charge < -0.3 is 14.7 Å². The summed E-state index contributed by atoms with van der Waals surface area (Å²) in [5, 5.41) is 8.95. The molecule has 0 aliphatic rings. The second-order valence-corrected chi connectivity index (χ2v) is 5.39. The summed E-state index contributed by atoms with van der Waals surface area (Å²) in [5.74, 6) is 0. The Morgan fingerprint density at radius 2 is 1.37 bits per heavy atom. The molecule has 116 valence electrons. The van der Waals surface area contributed by atoms with Crippen molar-refractivity contribution in [3.05, 3.63) is 0 Å². The van der Waals surface area contributed by atoms with E-state index in [-0.39, 0.29) is 0 Å². The summed E-state index contributed by atoms with van der Waals surface area (Å²) in [6.45, 7) is 6.92. The largest absolute Gasteiger partial charge is 0.396 e. The van der Waals surface area contributed by atoms with E-state index in [1.54, 1.807) is 7.11 Å². The van der Waals surface area contributed by atoms with E-state index < -0.39 is 0 Å². The molecule has 0 heterocycles. The molecule has 3 heteroatoms. The molecule has 19 heavy (non-hydrogen) atoms. The zero-order chi connectivity index (χ0) is 14.2. The third-order valence-electron chi connectivity index (χ3n) is 3.53. The first-order chi connectivity index (χ1) is 9.35. The van der Waals surface area contributed by atoms with Gasteiger partial charge in [-0.25, -0.2) is 0 Å². The van der Waals surface area contributed by atoms with Gasteiger partial charge in [-0.1, -0.05) is 39.0 Å². The lowest BCUT2D eigenvalue weighted by Gasteiger charge is -2.21. The molecule has 1 N–H and O–H groups in total. The highest BCUT2D eigenvalue weighted by molar-refractivity contribution is 4.59. The maximum Gasteiger partial charge on any atom is 0.0462 e. The normalized spacial score (nSPS) is 11.4. The second kappa shape index (κ2) is 15.9. The molecule has 0 saturated carbocycles. The number of aliphatic hydroxyl groups is 1. The highest BCUT2D eigenvalue weighted by Crippen LogP contribution is 2.06. The van der Waals surface area contributed by atoms with Crippen LogP contribution in [0.4, 0.5) is 0 Å². The van der Waals surface area contributed by atoms with Crippen LogP contribution in [-0.2, 0) is 4.74 Å². The monoisotopic (exact) mass is 273 g/mol. The van der Waals surface area contributed by atoms with E-state index in [9.17, 15) is 0 Å². The molecule has 0 amide bonds. The number of aliphatic hydroxyl groups excluding tert-OH is 1. The summed E-state index contributed by atoms with van der Waals surface area (Å²) >= 11 is 0. The molecule has 0 rings (SSSR count). The van der Waals surface area contributed by atoms with Gasteiger partial charge in [-0.05, 0) is 38.8 Å². The van der Waals surface area contributed by atoms with Gasteiger partial charge in [0.1, 0.15) is 0 Å². The van der Waals surface area contributed by atoms with Gasteiger partial charge in [0.15, 0.2) is 0 Å². The van der Waals surface area contributed by atoms with Crippen LogP contribution in [0.1, 0.15) is 64.7 Å². The van der Waals surface area contributed by atoms with Crippen molar-refractivity contribution in [3.63, 3.8) is 0 Å². The number of methoxy groups -OCH3 is 1. The minimum Gasteiger partial charge on any atom is -0.396 e. The number of nitrogens with zero attached hydrogens (tertiary/aromatic N) is 1. The Kier molecular flexibility index (Phi) is 15.8. The van der Waals surface area contributed by atoms with Gasteiger partial charge in [0, 0.05) is 26.9 Å². The van der Waals surface area contributed by atoms with Gasteiger partial charge in [0.2, 0.25) is 0 Å². The summed E-state index contributed by atoms with van der Waals surface area (Å²) in [6.07, 6.45) is 11.3. The lowest BCUT2D eigenvalue weighted by atomic mass is 10.1. The fourth-order valence-electron chi connectivity index (χ4n) is 2.33. The Morgan fingerprint density at radius 1 is 0.789 bits per heavy atom. The van der Waals surface area contributed by atoms with Crippen molar-refractivity contribution >= 4 is 0 Å². The molecule has 0 aliphatic carbocycles. The van der Waals surface area contributed by atoms with Crippen LogP contribution in [0.3, 0.4) is 0 Å². The lowest BCUT2D eigenvalue weighted by molar-refractivity contribution is 0.189. The Balaban J connectivity index is 3.55. The summed E-state index contributed by atoms with van der Waals surface area (Å²) in [4.78, 5) is 2.53. The minimum absolute atomic E-state index is 0.319. The molecule has 0 bridgehead atoms. The van der Waals surface area contributed by atoms with Crippen LogP contribution in [0.2, 0.25) is 0 Å². The van der Waals surface area contributed by atoms with Crippen LogP contribution in [-0.4, -0.2) is 50.0 Å². The Bertz CT molecular complexity index is 165. The predicted octanol–water partition coefficient (Wildman–Crippen LogP) is 3.46. The molecule has 0 atom stereocenters. The van der Waals surface area contributed by atoms with E-state index in [0.29, 0.717) is 6.61 Å². The van der Waals surface area contributed by atoms with Crippen molar-refractivity contribution in [1.82, 2.24) is 4.90 Å². The van der Waals surface area contributed by atoms with Gasteiger partial charge >= 0.3 is 0 Å². The number of hydrogen-bond acceptors (Lipinski definition) is 3. The smallest absolute Gasteiger partial charge is 0.0462 e. The third kappa shape index (κ3) is 14.1. The van der Waals surface area contributed by atoms with E-state index in [0.717, 1.165) is 19.6 Å². The molecular weight excluding hydrogens is 238 g/mol. The lowest BCUT2D eigenvalue weighted by Crippen LogP contribution is -2.27. The van der Waals surface area contributed by atoms with Crippen LogP contribution < -0.4 is 0 Å². The highest BCUT2D eigenvalue weighted by atomic mass is 16.5. The van der Waals surface area contributed by atoms with Gasteiger partial charge in [-0.15, -0.1) is 0 Å². The first-order valence-corrected chi connectivity index (χ1v) is 8.17. The summed E-state index contributed by atoms with van der Waals surface area (Å²) in [7, 11) is 1.77. The molecule has 0 aromatic heterocycles. The Labute approximate surface area is 120 Å². The SMILES string of the molecule is CCCCCCN(CCCO)CCCCCCOC. The van der Waals surface area contributed by atoms with Crippen molar-refractivity contribution in [1.29, 1.82) is 0 Å². The molecule has 0 fully saturated rings. The maximum absolute atomic E-state index is 8.95. The first kappa shape index (κ1) is 18.9. The van der Waals surface area contributed by atoms with Crippen LogP contribution in [0.15, 0.2) is 0 Å². The average Bonchev–Trinajstić information content (AvgIpc) is 2.43. The highest BCUT2D eigenvalue weighted by Gasteiger charge is 2.04. The standard InChI is InChI=1S/C16H35NO2/c1-3-4-5-8-12-17(14-11-15-18)13-9-6-7-10-16-19-2/h18H,3-16H2,1-2H3. The molecule has 0 aromatic carbocycles. The molecule has 0 saturated heterocycles. The summed E-state index contributed by atoms with van der Waals surface area (Å²) in [5.41, 5.74) is 0. The number of rotatable bonds is 15. The first-order valence-electron chi connectivity index (χ1n) is 8.17. The van der Waals surface area contributed by atoms with E-state index in [2.05, 4.69) is 11.8 Å². The van der Waals surface area contributed by atoms with Gasteiger partial charge in [0.05, 0.1) is 0 Å². The molecule has 0 aromatic rings. The van der Waals surface area contributed by atoms with Crippen molar-refractivity contribution in [2.45, 2.75) is 64.7 Å². The Hall–Kier alpha value is -0.120. The second-order valence-electron chi connectivity index (χ2n) is 5.39. The summed E-state index contributed by atoms with van der Waals surface area (Å²) < 4.78 is 5.06. The molecule has 0 aliphatic heterocycles. The van der Waals surface area contributed by atoms with E-state index in [1.807, 2.05) is 0 Å². The molecule has 0 radical (unpaired) electrons. The van der Waals surface area contributed by atoms with Crippen molar-refractivity contribution in [2.24, 2.45) is 0 Å². The Morgan fingerprint density at radius 3 is 1.95 bits per heavy atom. The maximum atomic E-state index is 8.95. The van der Waals surface area contributed by atoms with E-state index >= 15 is 0 Å². The fraction of sp³-hybridized carbons (Fsp3) is 1.00. The van der Waals surface area contributed by atoms with E-state index in [4.69, 9.17) is 9.84 Å².